The van der Waals surface area contributed by atoms with Gasteiger partial charge >= 0.3 is 23.1 Å². The van der Waals surface area contributed by atoms with E-state index in [2.05, 4.69) is 15.6 Å². The van der Waals surface area contributed by atoms with Crippen molar-refractivity contribution in [3.8, 4) is 11.5 Å². The minimum Gasteiger partial charge on any atom is -0.872 e. The van der Waals surface area contributed by atoms with Gasteiger partial charge in [0.15, 0.2) is 6.03 Å². The third kappa shape index (κ3) is 14.4. The Bertz CT molecular complexity index is 753. The number of hydrogen-bond donors (Lipinski definition) is 3. The summed E-state index contributed by atoms with van der Waals surface area (Å²) in [6, 6.07) is 10.9. The molecule has 30 heavy (non-hydrogen) atoms. The second-order valence-corrected chi connectivity index (χ2v) is 4.49. The van der Waals surface area contributed by atoms with Crippen molar-refractivity contribution in [3.05, 3.63) is 65.1 Å². The number of rotatable bonds is 4. The maximum atomic E-state index is 11.1. The standard InChI is InChI=1S/2C8H9N3O2.Fe.3H2O/c2*9-8(13)11-10-5-6-3-1-2-4-7(6)12;;;;/h1-5H,(H4,9,10,11,12,13);1-5,12H,(H3,9,11,13);;3*1H2/q;;+3;;;/p-3/b;10-5+;;;;. The van der Waals surface area contributed by atoms with Gasteiger partial charge in [-0.3, -0.25) is 9.90 Å². The molecule has 0 unspecified atom stereocenters. The number of carbonyl (C=O) groups excluding carboxylic acids is 2. The number of benzene rings is 2. The smallest absolute Gasteiger partial charge is 0.872 e. The Morgan fingerprint density at radius 3 is 1.70 bits per heavy atom. The number of hydrogen-bond acceptors (Lipinski definition) is 6. The second-order valence-electron chi connectivity index (χ2n) is 4.49. The van der Waals surface area contributed by atoms with Gasteiger partial charge in [-0.25, -0.2) is 10.2 Å². The second kappa shape index (κ2) is 18.7. The molecule has 1 radical (unpaired) electrons. The van der Waals surface area contributed by atoms with Crippen LogP contribution in [0.4, 0.5) is 9.59 Å². The summed E-state index contributed by atoms with van der Waals surface area (Å²) in [5, 5.41) is 28.9. The first kappa shape index (κ1) is 33.9. The van der Waals surface area contributed by atoms with E-state index in [9.17, 15) is 19.8 Å². The molecular formula is C16H21FeN6O7. The summed E-state index contributed by atoms with van der Waals surface area (Å²) in [7, 11) is 0. The Balaban J connectivity index is -0.000000199. The number of amides is 4. The van der Waals surface area contributed by atoms with E-state index in [1.54, 1.807) is 36.4 Å². The topological polar surface area (TPSA) is 278 Å². The van der Waals surface area contributed by atoms with Gasteiger partial charge in [0.1, 0.15) is 0 Å². The number of carbonyl (C=O) groups is 2. The first-order valence-electron chi connectivity index (χ1n) is 7.04. The summed E-state index contributed by atoms with van der Waals surface area (Å²) in [4.78, 5) is 20.3. The van der Waals surface area contributed by atoms with Crippen molar-refractivity contribution in [1.82, 2.24) is 5.43 Å². The van der Waals surface area contributed by atoms with Crippen molar-refractivity contribution in [2.24, 2.45) is 21.7 Å². The van der Waals surface area contributed by atoms with Crippen LogP contribution in [0.3, 0.4) is 0 Å². The van der Waals surface area contributed by atoms with Crippen LogP contribution in [0.2, 0.25) is 0 Å². The minimum atomic E-state index is -0.889. The molecule has 0 fully saturated rings. The van der Waals surface area contributed by atoms with Crippen LogP contribution in [-0.2, 0) is 17.1 Å². The molecule has 4 amide bonds. The molecule has 13 nitrogen and oxygen atoms in total. The molecule has 2 rings (SSSR count). The van der Waals surface area contributed by atoms with E-state index in [4.69, 9.17) is 11.5 Å². The molecule has 14 heteroatoms. The van der Waals surface area contributed by atoms with E-state index in [-0.39, 0.29) is 45.0 Å². The Labute approximate surface area is 181 Å². The van der Waals surface area contributed by atoms with E-state index in [1.807, 2.05) is 5.43 Å². The molecule has 2 aromatic rings. The maximum absolute atomic E-state index is 11.1. The summed E-state index contributed by atoms with van der Waals surface area (Å²) >= 11 is 0. The largest absolute Gasteiger partial charge is 3.00 e. The van der Waals surface area contributed by atoms with Crippen LogP contribution in [0, 0.1) is 0 Å². The van der Waals surface area contributed by atoms with Crippen molar-refractivity contribution < 1.29 is 53.3 Å². The normalized spacial score (nSPS) is 8.80. The number of nitrogens with one attached hydrogen (secondary N) is 1. The Morgan fingerprint density at radius 2 is 1.30 bits per heavy atom. The number of nitrogens with zero attached hydrogens (tertiary/aromatic N) is 3. The van der Waals surface area contributed by atoms with Gasteiger partial charge < -0.3 is 43.5 Å². The monoisotopic (exact) mass is 465 g/mol. The van der Waals surface area contributed by atoms with Crippen LogP contribution >= 0.6 is 0 Å². The van der Waals surface area contributed by atoms with Crippen LogP contribution < -0.4 is 27.1 Å². The van der Waals surface area contributed by atoms with Crippen LogP contribution in [0.15, 0.2) is 58.7 Å². The first-order chi connectivity index (χ1) is 12.4. The fraction of sp³-hybridized carbons (Fsp3) is 0. The van der Waals surface area contributed by atoms with E-state index in [0.717, 1.165) is 0 Å². The van der Waals surface area contributed by atoms with Crippen molar-refractivity contribution in [1.29, 1.82) is 0 Å². The SMILES string of the molecule is NC(=O)N/N=C/c1ccccc1[O-].NC(=O)[N-]/N=C/c1ccccc1[O-].O.O.O.[Fe+3]. The van der Waals surface area contributed by atoms with E-state index in [0.29, 0.717) is 11.1 Å². The predicted molar refractivity (Wildman–Crippen MR) is 103 cm³/mol. The van der Waals surface area contributed by atoms with Crippen LogP contribution in [0.5, 0.6) is 11.5 Å². The molecule has 0 aliphatic carbocycles. The Kier molecular flexibility index (Phi) is 21.1. The molecule has 0 heterocycles. The first-order valence-corrected chi connectivity index (χ1v) is 7.04. The van der Waals surface area contributed by atoms with E-state index in [1.165, 1.54) is 24.6 Å². The summed E-state index contributed by atoms with van der Waals surface area (Å²) in [6.07, 6.45) is 2.43. The molecule has 0 spiro atoms. The maximum Gasteiger partial charge on any atom is 3.00 e. The van der Waals surface area contributed by atoms with Gasteiger partial charge in [-0.2, -0.15) is 5.10 Å². The number of nitrogens with two attached hydrogens (primary N) is 2. The average Bonchev–Trinajstić information content (AvgIpc) is 2.58. The van der Waals surface area contributed by atoms with Gasteiger partial charge in [0.05, 0.1) is 6.21 Å². The summed E-state index contributed by atoms with van der Waals surface area (Å²) in [5.41, 5.74) is 15.2. The summed E-state index contributed by atoms with van der Waals surface area (Å²) in [6.45, 7) is 0. The van der Waals surface area contributed by atoms with Crippen molar-refractivity contribution >= 4 is 24.5 Å². The minimum absolute atomic E-state index is 0. The average molecular weight is 465 g/mol. The molecule has 2 aromatic carbocycles. The zero-order valence-electron chi connectivity index (χ0n) is 15.3. The van der Waals surface area contributed by atoms with Gasteiger partial charge in [-0.05, 0) is 11.1 Å². The van der Waals surface area contributed by atoms with Gasteiger partial charge in [0, 0.05) is 6.21 Å². The summed E-state index contributed by atoms with van der Waals surface area (Å²) < 4.78 is 0. The summed E-state index contributed by atoms with van der Waals surface area (Å²) in [5.74, 6) is -0.330. The molecule has 0 saturated heterocycles. The molecule has 165 valence electrons. The Hall–Kier alpha value is -3.68. The molecule has 0 saturated carbocycles. The fourth-order valence-corrected chi connectivity index (χ4v) is 1.49. The van der Waals surface area contributed by atoms with Gasteiger partial charge in [0.25, 0.3) is 0 Å². The Morgan fingerprint density at radius 1 is 0.867 bits per heavy atom. The third-order valence-corrected chi connectivity index (χ3v) is 2.57. The van der Waals surface area contributed by atoms with E-state index >= 15 is 0 Å². The predicted octanol–water partition coefficient (Wildman–Crippen LogP) is -2.17. The van der Waals surface area contributed by atoms with Crippen LogP contribution in [0.1, 0.15) is 11.1 Å². The fourth-order valence-electron chi connectivity index (χ4n) is 1.49. The molecule has 0 aliphatic heterocycles. The quantitative estimate of drug-likeness (QED) is 0.258. The number of primary amides is 2. The number of para-hydroxylation sites is 2. The molecular weight excluding hydrogens is 444 g/mol. The van der Waals surface area contributed by atoms with E-state index < -0.39 is 12.1 Å². The number of urea groups is 2. The van der Waals surface area contributed by atoms with Crippen molar-refractivity contribution in [2.75, 3.05) is 0 Å². The van der Waals surface area contributed by atoms with Crippen molar-refractivity contribution in [2.45, 2.75) is 0 Å². The zero-order valence-corrected chi connectivity index (χ0v) is 16.4. The van der Waals surface area contributed by atoms with Gasteiger partial charge in [0.2, 0.25) is 0 Å². The molecule has 0 aliphatic rings. The molecule has 0 aromatic heterocycles. The van der Waals surface area contributed by atoms with Crippen LogP contribution in [-0.4, -0.2) is 40.9 Å². The third-order valence-electron chi connectivity index (χ3n) is 2.57. The van der Waals surface area contributed by atoms with Crippen LogP contribution in [0.25, 0.3) is 5.43 Å². The molecule has 0 atom stereocenters. The zero-order chi connectivity index (χ0) is 19.4. The number of hydrazone groups is 1. The van der Waals surface area contributed by atoms with Gasteiger partial charge in [-0.15, -0.1) is 5.75 Å². The molecule has 11 N–H and O–H groups in total. The van der Waals surface area contributed by atoms with Gasteiger partial charge in [-0.1, -0.05) is 54.3 Å². The molecule has 0 bridgehead atoms. The van der Waals surface area contributed by atoms with Crippen molar-refractivity contribution in [3.63, 3.8) is 0 Å².